The third kappa shape index (κ3) is 6.73. The molecule has 11 heteroatoms. The van der Waals surface area contributed by atoms with Crippen molar-refractivity contribution in [2.24, 2.45) is 15.2 Å². The van der Waals surface area contributed by atoms with E-state index in [1.807, 2.05) is 71.7 Å². The van der Waals surface area contributed by atoms with Gasteiger partial charge in [-0.15, -0.1) is 0 Å². The van der Waals surface area contributed by atoms with Gasteiger partial charge in [-0.25, -0.2) is 19.3 Å². The molecule has 1 saturated carbocycles. The van der Waals surface area contributed by atoms with E-state index in [2.05, 4.69) is 16.9 Å². The molecule has 2 aliphatic rings. The van der Waals surface area contributed by atoms with E-state index in [4.69, 9.17) is 42.6 Å². The molecule has 3 N–H and O–H groups in total. The zero-order valence-corrected chi connectivity index (χ0v) is 22.8. The van der Waals surface area contributed by atoms with Gasteiger partial charge in [0.25, 0.3) is 0 Å². The predicted octanol–water partition coefficient (Wildman–Crippen LogP) is 5.53. The first-order valence-electron chi connectivity index (χ1n) is 11.7. The van der Waals surface area contributed by atoms with E-state index in [1.165, 1.54) is 17.5 Å². The average Bonchev–Trinajstić information content (AvgIpc) is 3.32. The molecule has 0 aromatic heterocycles. The van der Waals surface area contributed by atoms with Crippen LogP contribution in [0.1, 0.15) is 29.9 Å². The van der Waals surface area contributed by atoms with Crippen molar-refractivity contribution in [3.05, 3.63) is 100 Å². The fourth-order valence-electron chi connectivity index (χ4n) is 4.24. The third-order valence-electron chi connectivity index (χ3n) is 6.18. The Kier molecular flexibility index (Phi) is 8.49. The van der Waals surface area contributed by atoms with E-state index in [0.717, 1.165) is 16.2 Å². The largest absolute Gasteiger partial charge is 0.295 e. The molecular formula is C26H25Cl2N5O2S2. The van der Waals surface area contributed by atoms with Crippen molar-refractivity contribution in [3.63, 3.8) is 0 Å². The van der Waals surface area contributed by atoms with Crippen molar-refractivity contribution in [1.82, 2.24) is 9.73 Å². The standard InChI is InChI=1S/C26H25Cl2N5O2S2/c27-19-8-6-18(7-9-19)25-24(17-4-2-1-3-5-17)16-33(31-25)26(30-21-14-22(15-21)35-37(29)34)32-36-23-12-10-20(28)11-13-23/h1-13,21-22,24H,14-16,29H2,(H,30,32). The van der Waals surface area contributed by atoms with Gasteiger partial charge in [0.2, 0.25) is 17.2 Å². The number of rotatable bonds is 7. The number of guanidine groups is 1. The predicted molar refractivity (Wildman–Crippen MR) is 152 cm³/mol. The number of aliphatic imine (C=N–C) groups is 1. The summed E-state index contributed by atoms with van der Waals surface area (Å²) in [7, 11) is 0. The van der Waals surface area contributed by atoms with Crippen LogP contribution in [0.3, 0.4) is 0 Å². The Balaban J connectivity index is 1.43. The van der Waals surface area contributed by atoms with Crippen LogP contribution < -0.4 is 9.86 Å². The molecule has 0 saturated heterocycles. The summed E-state index contributed by atoms with van der Waals surface area (Å²) in [6.45, 7) is 0.619. The molecule has 1 fully saturated rings. The molecule has 0 spiro atoms. The van der Waals surface area contributed by atoms with Crippen molar-refractivity contribution in [3.8, 4) is 0 Å². The lowest BCUT2D eigenvalue weighted by molar-refractivity contribution is 0.117. The van der Waals surface area contributed by atoms with E-state index < -0.39 is 11.3 Å². The van der Waals surface area contributed by atoms with Crippen LogP contribution in [0, 0.1) is 0 Å². The fraction of sp³-hybridized carbons (Fsp3) is 0.231. The number of nitrogens with two attached hydrogens (primary N) is 1. The quantitative estimate of drug-likeness (QED) is 0.220. The summed E-state index contributed by atoms with van der Waals surface area (Å²) >= 11 is 11.9. The molecule has 0 radical (unpaired) electrons. The minimum absolute atomic E-state index is 0.00632. The Morgan fingerprint density at radius 3 is 2.32 bits per heavy atom. The number of hydrogen-bond donors (Lipinski definition) is 2. The highest BCUT2D eigenvalue weighted by atomic mass is 35.5. The van der Waals surface area contributed by atoms with Gasteiger partial charge in [-0.05, 0) is 72.3 Å². The van der Waals surface area contributed by atoms with Crippen LogP contribution in [-0.4, -0.2) is 39.6 Å². The molecule has 192 valence electrons. The second kappa shape index (κ2) is 12.0. The van der Waals surface area contributed by atoms with Gasteiger partial charge in [-0.3, -0.25) is 8.91 Å². The number of hydrazone groups is 1. The van der Waals surface area contributed by atoms with Crippen LogP contribution in [0.15, 0.2) is 93.9 Å². The molecular weight excluding hydrogens is 549 g/mol. The Labute approximate surface area is 233 Å². The van der Waals surface area contributed by atoms with E-state index >= 15 is 0 Å². The zero-order valence-electron chi connectivity index (χ0n) is 19.7. The van der Waals surface area contributed by atoms with Gasteiger partial charge < -0.3 is 0 Å². The molecule has 0 amide bonds. The van der Waals surface area contributed by atoms with Gasteiger partial charge in [-0.2, -0.15) is 5.10 Å². The maximum absolute atomic E-state index is 11.2. The van der Waals surface area contributed by atoms with Crippen molar-refractivity contribution in [1.29, 1.82) is 0 Å². The molecule has 3 aromatic carbocycles. The smallest absolute Gasteiger partial charge is 0.231 e. The lowest BCUT2D eigenvalue weighted by Crippen LogP contribution is -2.41. The molecule has 1 aliphatic carbocycles. The number of hydrogen-bond acceptors (Lipinski definition) is 5. The molecule has 5 rings (SSSR count). The van der Waals surface area contributed by atoms with E-state index in [-0.39, 0.29) is 18.1 Å². The Hall–Kier alpha value is -2.40. The summed E-state index contributed by atoms with van der Waals surface area (Å²) in [5.74, 6) is 0.689. The van der Waals surface area contributed by atoms with Crippen LogP contribution >= 0.6 is 35.1 Å². The number of nitrogens with zero attached hydrogens (tertiary/aromatic N) is 3. The lowest BCUT2D eigenvalue weighted by atomic mass is 9.90. The van der Waals surface area contributed by atoms with Crippen LogP contribution in [0.4, 0.5) is 0 Å². The van der Waals surface area contributed by atoms with Crippen LogP contribution in [0.2, 0.25) is 10.0 Å². The minimum Gasteiger partial charge on any atom is -0.295 e. The highest BCUT2D eigenvalue weighted by Crippen LogP contribution is 2.32. The second-order valence-electron chi connectivity index (χ2n) is 8.75. The normalized spacial score (nSPS) is 22.4. The molecule has 1 aliphatic heterocycles. The summed E-state index contributed by atoms with van der Waals surface area (Å²) in [5, 5.41) is 13.6. The monoisotopic (exact) mass is 573 g/mol. The van der Waals surface area contributed by atoms with Crippen LogP contribution in [-0.2, 0) is 15.4 Å². The fourth-order valence-corrected chi connectivity index (χ4v) is 5.56. The zero-order chi connectivity index (χ0) is 25.8. The average molecular weight is 575 g/mol. The molecule has 7 nitrogen and oxygen atoms in total. The maximum atomic E-state index is 11.2. The van der Waals surface area contributed by atoms with Gasteiger partial charge in [0.05, 0.1) is 24.4 Å². The highest BCUT2D eigenvalue weighted by Gasteiger charge is 2.35. The van der Waals surface area contributed by atoms with Gasteiger partial charge in [-0.1, -0.05) is 65.7 Å². The van der Waals surface area contributed by atoms with Crippen molar-refractivity contribution >= 4 is 58.1 Å². The molecule has 2 unspecified atom stereocenters. The van der Waals surface area contributed by atoms with Gasteiger partial charge >= 0.3 is 0 Å². The first-order chi connectivity index (χ1) is 17.9. The summed E-state index contributed by atoms with van der Waals surface area (Å²) in [6, 6.07) is 25.7. The van der Waals surface area contributed by atoms with E-state index in [0.29, 0.717) is 35.4 Å². The van der Waals surface area contributed by atoms with Crippen molar-refractivity contribution in [2.75, 3.05) is 6.54 Å². The molecule has 37 heavy (non-hydrogen) atoms. The second-order valence-corrected chi connectivity index (χ2v) is 11.2. The number of nitrogens with one attached hydrogen (secondary N) is 1. The van der Waals surface area contributed by atoms with Gasteiger partial charge in [0.1, 0.15) is 0 Å². The molecule has 1 heterocycles. The van der Waals surface area contributed by atoms with Gasteiger partial charge in [0.15, 0.2) is 0 Å². The van der Waals surface area contributed by atoms with Crippen molar-refractivity contribution < 1.29 is 8.39 Å². The first-order valence-corrected chi connectivity index (χ1v) is 14.4. The summed E-state index contributed by atoms with van der Waals surface area (Å²) in [6.07, 6.45) is 1.13. The topological polar surface area (TPSA) is 92.3 Å². The van der Waals surface area contributed by atoms with E-state index in [9.17, 15) is 4.21 Å². The maximum Gasteiger partial charge on any atom is 0.231 e. The highest BCUT2D eigenvalue weighted by molar-refractivity contribution is 7.98. The Bertz CT molecular complexity index is 1300. The van der Waals surface area contributed by atoms with E-state index in [1.54, 1.807) is 0 Å². The van der Waals surface area contributed by atoms with Crippen molar-refractivity contribution in [2.45, 2.75) is 35.8 Å². The summed E-state index contributed by atoms with van der Waals surface area (Å²) in [5.41, 5.74) is 3.13. The Morgan fingerprint density at radius 2 is 1.68 bits per heavy atom. The SMILES string of the molecule is NS(=O)OC1CC(N=C(NSc2ccc(Cl)cc2)N2CC(c3ccccc3)C(c3ccc(Cl)cc3)=N2)C1. The first kappa shape index (κ1) is 26.2. The summed E-state index contributed by atoms with van der Waals surface area (Å²) < 4.78 is 19.8. The lowest BCUT2D eigenvalue weighted by Gasteiger charge is -2.32. The molecule has 2 atom stereocenters. The Morgan fingerprint density at radius 1 is 1.03 bits per heavy atom. The van der Waals surface area contributed by atoms with Crippen LogP contribution in [0.25, 0.3) is 0 Å². The number of halogens is 2. The minimum atomic E-state index is -1.78. The van der Waals surface area contributed by atoms with Crippen LogP contribution in [0.5, 0.6) is 0 Å². The summed E-state index contributed by atoms with van der Waals surface area (Å²) in [4.78, 5) is 5.95. The number of benzene rings is 3. The molecule has 0 bridgehead atoms. The van der Waals surface area contributed by atoms with Gasteiger partial charge in [0, 0.05) is 20.9 Å². The molecule has 3 aromatic rings. The third-order valence-corrected chi connectivity index (χ3v) is 7.94.